The summed E-state index contributed by atoms with van der Waals surface area (Å²) in [7, 11) is 0. The average molecular weight is 425 g/mol. The number of ether oxygens (including phenoxy) is 2. The van der Waals surface area contributed by atoms with Gasteiger partial charge in [0.2, 0.25) is 5.43 Å². The lowest BCUT2D eigenvalue weighted by atomic mass is 10.2. The summed E-state index contributed by atoms with van der Waals surface area (Å²) < 4.78 is 17.7. The van der Waals surface area contributed by atoms with E-state index in [2.05, 4.69) is 11.6 Å². The van der Waals surface area contributed by atoms with E-state index in [1.165, 1.54) is 23.5 Å². The van der Waals surface area contributed by atoms with E-state index in [1.807, 2.05) is 16.3 Å². The van der Waals surface area contributed by atoms with E-state index < -0.39 is 0 Å². The molecule has 5 heterocycles. The first-order valence-electron chi connectivity index (χ1n) is 9.62. The Morgan fingerprint density at radius 3 is 2.83 bits per heavy atom. The normalized spacial score (nSPS) is 16.3. The second-order valence-electron chi connectivity index (χ2n) is 6.92. The number of anilines is 2. The molecular weight excluding hydrogens is 406 g/mol. The molecule has 2 aliphatic rings. The van der Waals surface area contributed by atoms with E-state index >= 15 is 0 Å². The molecule has 3 aromatic rings. The van der Waals surface area contributed by atoms with Crippen LogP contribution in [0.1, 0.15) is 0 Å². The lowest BCUT2D eigenvalue weighted by Crippen LogP contribution is -2.37. The molecule has 0 bridgehead atoms. The van der Waals surface area contributed by atoms with Crippen LogP contribution in [-0.4, -0.2) is 50.3 Å². The number of fused-ring (bicyclic) bond motifs is 2. The summed E-state index contributed by atoms with van der Waals surface area (Å²) in [6, 6.07) is 5.13. The predicted octanol–water partition coefficient (Wildman–Crippen LogP) is 2.66. The van der Waals surface area contributed by atoms with Gasteiger partial charge in [0.15, 0.2) is 23.0 Å². The quantitative estimate of drug-likeness (QED) is 0.597. The topological polar surface area (TPSA) is 85.1 Å². The van der Waals surface area contributed by atoms with Crippen LogP contribution in [0.15, 0.2) is 45.4 Å². The van der Waals surface area contributed by atoms with Crippen LogP contribution in [-0.2, 0) is 9.53 Å². The van der Waals surface area contributed by atoms with E-state index in [-0.39, 0.29) is 11.3 Å². The lowest BCUT2D eigenvalue weighted by molar-refractivity contribution is -0.114. The third-order valence-electron chi connectivity index (χ3n) is 5.14. The molecule has 9 heteroatoms. The molecular formula is C21H19N3O5S. The Balaban J connectivity index is 1.61. The maximum Gasteiger partial charge on any atom is 0.251 e. The van der Waals surface area contributed by atoms with Crippen molar-refractivity contribution in [2.45, 2.75) is 0 Å². The molecule has 3 aromatic heterocycles. The summed E-state index contributed by atoms with van der Waals surface area (Å²) in [5.41, 5.74) is 1.73. The number of aromatic nitrogens is 1. The monoisotopic (exact) mass is 425 g/mol. The zero-order chi connectivity index (χ0) is 20.7. The number of nitrogens with zero attached hydrogens (tertiary/aromatic N) is 3. The van der Waals surface area contributed by atoms with Gasteiger partial charge in [-0.25, -0.2) is 4.98 Å². The fourth-order valence-corrected chi connectivity index (χ4v) is 4.51. The number of pyridine rings is 1. The summed E-state index contributed by atoms with van der Waals surface area (Å²) in [6.45, 7) is 6.88. The highest BCUT2D eigenvalue weighted by Gasteiger charge is 2.25. The Morgan fingerprint density at radius 2 is 2.03 bits per heavy atom. The molecule has 0 saturated carbocycles. The molecule has 0 atom stereocenters. The molecule has 5 rings (SSSR count). The Labute approximate surface area is 175 Å². The minimum atomic E-state index is -0.236. The first-order chi connectivity index (χ1) is 14.7. The van der Waals surface area contributed by atoms with Gasteiger partial charge in [-0.3, -0.25) is 14.5 Å². The standard InChI is InChI=1S/C21H19N3O5S/c1-2-17(26)24-7-10-28-16-4-3-14(22-21(16)24)13-12-30-20-15(25)11-18(29-19(13)20)23-5-8-27-9-6-23/h2-4,11-12H,1,5-10H2. The van der Waals surface area contributed by atoms with Gasteiger partial charge in [-0.1, -0.05) is 6.58 Å². The van der Waals surface area contributed by atoms with Crippen LogP contribution in [0.3, 0.4) is 0 Å². The van der Waals surface area contributed by atoms with Gasteiger partial charge in [0.25, 0.3) is 5.91 Å². The number of thiophene rings is 1. The second kappa shape index (κ2) is 7.58. The van der Waals surface area contributed by atoms with E-state index in [0.29, 0.717) is 78.4 Å². The van der Waals surface area contributed by atoms with E-state index in [0.717, 1.165) is 0 Å². The lowest BCUT2D eigenvalue weighted by Gasteiger charge is -2.28. The van der Waals surface area contributed by atoms with Crippen LogP contribution in [0.5, 0.6) is 5.75 Å². The molecule has 0 spiro atoms. The van der Waals surface area contributed by atoms with Crippen molar-refractivity contribution >= 4 is 39.2 Å². The summed E-state index contributed by atoms with van der Waals surface area (Å²) in [5.74, 6) is 1.27. The molecule has 1 saturated heterocycles. The summed E-state index contributed by atoms with van der Waals surface area (Å²) in [4.78, 5) is 33.1. The average Bonchev–Trinajstić information content (AvgIpc) is 3.23. The van der Waals surface area contributed by atoms with Crippen LogP contribution >= 0.6 is 11.3 Å². The molecule has 0 N–H and O–H groups in total. The van der Waals surface area contributed by atoms with Gasteiger partial charge in [-0.05, 0) is 18.2 Å². The van der Waals surface area contributed by atoms with Crippen LogP contribution in [0, 0.1) is 0 Å². The molecule has 154 valence electrons. The first-order valence-corrected chi connectivity index (χ1v) is 10.5. The number of hydrogen-bond acceptors (Lipinski definition) is 8. The smallest absolute Gasteiger partial charge is 0.251 e. The Kier molecular flexibility index (Phi) is 4.76. The highest BCUT2D eigenvalue weighted by atomic mass is 32.1. The number of amides is 1. The fraction of sp³-hybridized carbons (Fsp3) is 0.286. The van der Waals surface area contributed by atoms with Crippen molar-refractivity contribution in [2.24, 2.45) is 0 Å². The van der Waals surface area contributed by atoms with Crippen LogP contribution in [0.2, 0.25) is 0 Å². The number of carbonyl (C=O) groups excluding carboxylic acids is 1. The molecule has 0 radical (unpaired) electrons. The van der Waals surface area contributed by atoms with E-state index in [1.54, 1.807) is 11.0 Å². The summed E-state index contributed by atoms with van der Waals surface area (Å²) in [6.07, 6.45) is 1.26. The van der Waals surface area contributed by atoms with Gasteiger partial charge in [-0.2, -0.15) is 0 Å². The summed E-state index contributed by atoms with van der Waals surface area (Å²) >= 11 is 1.32. The predicted molar refractivity (Wildman–Crippen MR) is 115 cm³/mol. The Bertz CT molecular complexity index is 1200. The summed E-state index contributed by atoms with van der Waals surface area (Å²) in [5, 5.41) is 1.86. The number of hydrogen-bond donors (Lipinski definition) is 0. The molecule has 1 amide bonds. The van der Waals surface area contributed by atoms with Gasteiger partial charge in [-0.15, -0.1) is 11.3 Å². The van der Waals surface area contributed by atoms with Gasteiger partial charge >= 0.3 is 0 Å². The van der Waals surface area contributed by atoms with Crippen molar-refractivity contribution in [1.29, 1.82) is 0 Å². The van der Waals surface area contributed by atoms with Crippen LogP contribution in [0.4, 0.5) is 11.7 Å². The van der Waals surface area contributed by atoms with Crippen molar-refractivity contribution in [2.75, 3.05) is 49.3 Å². The zero-order valence-corrected chi connectivity index (χ0v) is 16.9. The second-order valence-corrected chi connectivity index (χ2v) is 7.80. The zero-order valence-electron chi connectivity index (χ0n) is 16.1. The van der Waals surface area contributed by atoms with Gasteiger partial charge in [0.05, 0.1) is 31.0 Å². The number of carbonyl (C=O) groups is 1. The van der Waals surface area contributed by atoms with Gasteiger partial charge < -0.3 is 18.8 Å². The molecule has 0 aromatic carbocycles. The minimum absolute atomic E-state index is 0.0845. The minimum Gasteiger partial charge on any atom is -0.488 e. The third kappa shape index (κ3) is 3.16. The molecule has 0 aliphatic carbocycles. The van der Waals surface area contributed by atoms with Crippen molar-refractivity contribution in [1.82, 2.24) is 4.98 Å². The third-order valence-corrected chi connectivity index (χ3v) is 6.11. The molecule has 2 aliphatic heterocycles. The fourth-order valence-electron chi connectivity index (χ4n) is 3.62. The maximum absolute atomic E-state index is 12.7. The van der Waals surface area contributed by atoms with Gasteiger partial charge in [0, 0.05) is 24.5 Å². The number of morpholine rings is 1. The van der Waals surface area contributed by atoms with Crippen LogP contribution in [0.25, 0.3) is 21.5 Å². The van der Waals surface area contributed by atoms with Gasteiger partial charge in [0.1, 0.15) is 11.3 Å². The molecule has 8 nitrogen and oxygen atoms in total. The molecule has 1 fully saturated rings. The van der Waals surface area contributed by atoms with Crippen molar-refractivity contribution < 1.29 is 18.7 Å². The SMILES string of the molecule is C=CC(=O)N1CCOc2ccc(-c3csc4c(=O)cc(N5CCOCC5)oc34)nc21. The highest BCUT2D eigenvalue weighted by molar-refractivity contribution is 7.17. The molecule has 30 heavy (non-hydrogen) atoms. The van der Waals surface area contributed by atoms with Crippen molar-refractivity contribution in [3.63, 3.8) is 0 Å². The van der Waals surface area contributed by atoms with Crippen molar-refractivity contribution in [3.8, 4) is 17.0 Å². The Hall–Kier alpha value is -3.17. The van der Waals surface area contributed by atoms with Crippen molar-refractivity contribution in [3.05, 3.63) is 46.5 Å². The van der Waals surface area contributed by atoms with Crippen LogP contribution < -0.4 is 20.0 Å². The maximum atomic E-state index is 12.7. The molecule has 0 unspecified atom stereocenters. The van der Waals surface area contributed by atoms with E-state index in [9.17, 15) is 9.59 Å². The largest absolute Gasteiger partial charge is 0.488 e. The van der Waals surface area contributed by atoms with E-state index in [4.69, 9.17) is 13.9 Å². The first kappa shape index (κ1) is 18.8. The highest BCUT2D eigenvalue weighted by Crippen LogP contribution is 2.37. The number of rotatable bonds is 3. The Morgan fingerprint density at radius 1 is 1.20 bits per heavy atom.